The van der Waals surface area contributed by atoms with Crippen molar-refractivity contribution in [2.24, 2.45) is 0 Å². The molecule has 0 unspecified atom stereocenters. The van der Waals surface area contributed by atoms with Crippen LogP contribution in [0.1, 0.15) is 41.7 Å². The SMILES string of the molecule is O=C(Nc1cccc(C(F)(F)F)c1)c1cc(NC2CCCC2)ncn1. The maximum absolute atomic E-state index is 12.7. The van der Waals surface area contributed by atoms with E-state index in [0.29, 0.717) is 11.9 Å². The van der Waals surface area contributed by atoms with Gasteiger partial charge in [0.2, 0.25) is 0 Å². The largest absolute Gasteiger partial charge is 0.416 e. The predicted molar refractivity (Wildman–Crippen MR) is 87.3 cm³/mol. The number of aromatic nitrogens is 2. The fourth-order valence-corrected chi connectivity index (χ4v) is 2.81. The minimum Gasteiger partial charge on any atom is -0.367 e. The molecule has 25 heavy (non-hydrogen) atoms. The van der Waals surface area contributed by atoms with Crippen molar-refractivity contribution in [3.05, 3.63) is 47.9 Å². The van der Waals surface area contributed by atoms with Crippen LogP contribution in [0.3, 0.4) is 0 Å². The summed E-state index contributed by atoms with van der Waals surface area (Å²) in [4.78, 5) is 20.2. The molecule has 1 aromatic carbocycles. The molecule has 8 heteroatoms. The maximum Gasteiger partial charge on any atom is 0.416 e. The van der Waals surface area contributed by atoms with Crippen molar-refractivity contribution in [2.45, 2.75) is 37.9 Å². The van der Waals surface area contributed by atoms with Crippen molar-refractivity contribution in [1.82, 2.24) is 9.97 Å². The molecule has 132 valence electrons. The summed E-state index contributed by atoms with van der Waals surface area (Å²) >= 11 is 0. The Bertz CT molecular complexity index is 758. The van der Waals surface area contributed by atoms with E-state index in [4.69, 9.17) is 0 Å². The molecule has 0 bridgehead atoms. The van der Waals surface area contributed by atoms with E-state index in [-0.39, 0.29) is 11.4 Å². The first-order chi connectivity index (χ1) is 11.9. The minimum atomic E-state index is -4.46. The third kappa shape index (κ3) is 4.46. The van der Waals surface area contributed by atoms with Crippen LogP contribution in [0.2, 0.25) is 0 Å². The lowest BCUT2D eigenvalue weighted by Crippen LogP contribution is -2.18. The maximum atomic E-state index is 12.7. The molecule has 1 aliphatic carbocycles. The Labute approximate surface area is 142 Å². The van der Waals surface area contributed by atoms with Crippen molar-refractivity contribution in [1.29, 1.82) is 0 Å². The quantitative estimate of drug-likeness (QED) is 0.871. The lowest BCUT2D eigenvalue weighted by Gasteiger charge is -2.13. The van der Waals surface area contributed by atoms with Crippen molar-refractivity contribution < 1.29 is 18.0 Å². The zero-order valence-electron chi connectivity index (χ0n) is 13.3. The number of carbonyl (C=O) groups is 1. The molecule has 1 saturated carbocycles. The molecule has 0 saturated heterocycles. The first-order valence-electron chi connectivity index (χ1n) is 7.99. The highest BCUT2D eigenvalue weighted by Gasteiger charge is 2.30. The summed E-state index contributed by atoms with van der Waals surface area (Å²) in [5.74, 6) is -0.0488. The summed E-state index contributed by atoms with van der Waals surface area (Å²) in [6.07, 6.45) is 1.22. The number of nitrogens with one attached hydrogen (secondary N) is 2. The molecule has 5 nitrogen and oxygen atoms in total. The number of rotatable bonds is 4. The van der Waals surface area contributed by atoms with Gasteiger partial charge in [0.1, 0.15) is 17.8 Å². The molecule has 0 radical (unpaired) electrons. The molecule has 2 aromatic rings. The zero-order valence-corrected chi connectivity index (χ0v) is 13.3. The van der Waals surface area contributed by atoms with Crippen LogP contribution in [0.4, 0.5) is 24.7 Å². The van der Waals surface area contributed by atoms with Crippen LogP contribution in [-0.2, 0) is 6.18 Å². The van der Waals surface area contributed by atoms with Crippen LogP contribution >= 0.6 is 0 Å². The lowest BCUT2D eigenvalue weighted by molar-refractivity contribution is -0.137. The predicted octanol–water partition coefficient (Wildman–Crippen LogP) is 4.10. The Morgan fingerprint density at radius 1 is 1.12 bits per heavy atom. The highest BCUT2D eigenvalue weighted by Crippen LogP contribution is 2.30. The molecule has 0 aliphatic heterocycles. The fourth-order valence-electron chi connectivity index (χ4n) is 2.81. The first kappa shape index (κ1) is 17.2. The van der Waals surface area contributed by atoms with Gasteiger partial charge in [-0.15, -0.1) is 0 Å². The fraction of sp³-hybridized carbons (Fsp3) is 0.353. The number of anilines is 2. The standard InChI is InChI=1S/C17H17F3N4O/c18-17(19,20)11-4-3-7-13(8-11)24-16(25)14-9-15(22-10-21-14)23-12-5-1-2-6-12/h3-4,7-10,12H,1-2,5-6H2,(H,24,25)(H,21,22,23). The molecule has 0 spiro atoms. The smallest absolute Gasteiger partial charge is 0.367 e. The van der Waals surface area contributed by atoms with Crippen LogP contribution in [0.15, 0.2) is 36.7 Å². The molecule has 1 fully saturated rings. The van der Waals surface area contributed by atoms with Gasteiger partial charge in [0.15, 0.2) is 0 Å². The van der Waals surface area contributed by atoms with Crippen LogP contribution in [-0.4, -0.2) is 21.9 Å². The van der Waals surface area contributed by atoms with E-state index in [9.17, 15) is 18.0 Å². The van der Waals surface area contributed by atoms with Crippen molar-refractivity contribution in [3.8, 4) is 0 Å². The monoisotopic (exact) mass is 350 g/mol. The van der Waals surface area contributed by atoms with Gasteiger partial charge in [0.25, 0.3) is 5.91 Å². The van der Waals surface area contributed by atoms with E-state index in [0.717, 1.165) is 37.8 Å². The molecular formula is C17H17F3N4O. The van der Waals surface area contributed by atoms with Gasteiger partial charge in [-0.3, -0.25) is 4.79 Å². The van der Waals surface area contributed by atoms with Crippen LogP contribution in [0.5, 0.6) is 0 Å². The number of benzene rings is 1. The topological polar surface area (TPSA) is 66.9 Å². The normalized spacial score (nSPS) is 15.2. The number of hydrogen-bond acceptors (Lipinski definition) is 4. The van der Waals surface area contributed by atoms with Gasteiger partial charge in [-0.2, -0.15) is 13.2 Å². The second kappa shape index (κ2) is 7.08. The molecule has 1 aliphatic rings. The number of halogens is 3. The van der Waals surface area contributed by atoms with E-state index >= 15 is 0 Å². The molecular weight excluding hydrogens is 333 g/mol. The second-order valence-electron chi connectivity index (χ2n) is 5.95. The number of hydrogen-bond donors (Lipinski definition) is 2. The number of amides is 1. The molecule has 1 heterocycles. The van der Waals surface area contributed by atoms with E-state index in [1.807, 2.05) is 0 Å². The van der Waals surface area contributed by atoms with Gasteiger partial charge in [-0.25, -0.2) is 9.97 Å². The third-order valence-corrected chi connectivity index (χ3v) is 4.05. The van der Waals surface area contributed by atoms with Gasteiger partial charge in [-0.05, 0) is 31.0 Å². The summed E-state index contributed by atoms with van der Waals surface area (Å²) < 4.78 is 38.2. The Kier molecular flexibility index (Phi) is 4.87. The molecule has 0 atom stereocenters. The van der Waals surface area contributed by atoms with Gasteiger partial charge < -0.3 is 10.6 Å². The Balaban J connectivity index is 1.71. The molecule has 1 amide bonds. The zero-order chi connectivity index (χ0) is 17.9. The highest BCUT2D eigenvalue weighted by atomic mass is 19.4. The van der Waals surface area contributed by atoms with E-state index < -0.39 is 17.6 Å². The highest BCUT2D eigenvalue weighted by molar-refractivity contribution is 6.03. The molecule has 1 aromatic heterocycles. The third-order valence-electron chi connectivity index (χ3n) is 4.05. The number of nitrogens with zero attached hydrogens (tertiary/aromatic N) is 2. The minimum absolute atomic E-state index is 0.0590. The first-order valence-corrected chi connectivity index (χ1v) is 7.99. The number of carbonyl (C=O) groups excluding carboxylic acids is 1. The lowest BCUT2D eigenvalue weighted by atomic mass is 10.2. The second-order valence-corrected chi connectivity index (χ2v) is 5.95. The van der Waals surface area contributed by atoms with Crippen molar-refractivity contribution >= 4 is 17.4 Å². The van der Waals surface area contributed by atoms with Gasteiger partial charge in [0, 0.05) is 17.8 Å². The van der Waals surface area contributed by atoms with Gasteiger partial charge in [-0.1, -0.05) is 18.9 Å². The van der Waals surface area contributed by atoms with E-state index in [2.05, 4.69) is 20.6 Å². The number of alkyl halides is 3. The molecule has 3 rings (SSSR count). The van der Waals surface area contributed by atoms with Crippen molar-refractivity contribution in [2.75, 3.05) is 10.6 Å². The average Bonchev–Trinajstić information content (AvgIpc) is 3.07. The summed E-state index contributed by atoms with van der Waals surface area (Å²) in [6, 6.07) is 6.30. The van der Waals surface area contributed by atoms with Crippen LogP contribution in [0.25, 0.3) is 0 Å². The summed E-state index contributed by atoms with van der Waals surface area (Å²) in [5.41, 5.74) is -0.673. The van der Waals surface area contributed by atoms with Gasteiger partial charge >= 0.3 is 6.18 Å². The van der Waals surface area contributed by atoms with Crippen LogP contribution < -0.4 is 10.6 Å². The Morgan fingerprint density at radius 3 is 2.60 bits per heavy atom. The molecule has 2 N–H and O–H groups in total. The van der Waals surface area contributed by atoms with Gasteiger partial charge in [0.05, 0.1) is 5.56 Å². The van der Waals surface area contributed by atoms with Crippen molar-refractivity contribution in [3.63, 3.8) is 0 Å². The van der Waals surface area contributed by atoms with E-state index in [1.165, 1.54) is 24.5 Å². The Hall–Kier alpha value is -2.64. The van der Waals surface area contributed by atoms with E-state index in [1.54, 1.807) is 0 Å². The average molecular weight is 350 g/mol. The summed E-state index contributed by atoms with van der Waals surface area (Å²) in [7, 11) is 0. The Morgan fingerprint density at radius 2 is 1.88 bits per heavy atom. The summed E-state index contributed by atoms with van der Waals surface area (Å²) in [5, 5.41) is 5.68. The van der Waals surface area contributed by atoms with Crippen LogP contribution in [0, 0.1) is 0 Å². The summed E-state index contributed by atoms with van der Waals surface area (Å²) in [6.45, 7) is 0.